The summed E-state index contributed by atoms with van der Waals surface area (Å²) in [5.74, 6) is 0.684. The molecule has 27 heavy (non-hydrogen) atoms. The quantitative estimate of drug-likeness (QED) is 0.469. The van der Waals surface area contributed by atoms with Crippen LogP contribution < -0.4 is 10.6 Å². The van der Waals surface area contributed by atoms with Crippen molar-refractivity contribution in [1.82, 2.24) is 0 Å². The van der Waals surface area contributed by atoms with Crippen LogP contribution in [0.2, 0.25) is 0 Å². The van der Waals surface area contributed by atoms with E-state index in [0.29, 0.717) is 5.88 Å². The van der Waals surface area contributed by atoms with Crippen molar-refractivity contribution in [2.75, 3.05) is 5.88 Å². The highest BCUT2D eigenvalue weighted by molar-refractivity contribution is 8.03. The van der Waals surface area contributed by atoms with Crippen LogP contribution in [0.5, 0.6) is 0 Å². The first kappa shape index (κ1) is 20.9. The molecule has 0 atom stereocenters. The van der Waals surface area contributed by atoms with Crippen LogP contribution in [0, 0.1) is 0 Å². The topological polar surface area (TPSA) is 24.7 Å². The Balaban J connectivity index is 2.44. The van der Waals surface area contributed by atoms with Crippen LogP contribution in [0.25, 0.3) is 12.2 Å². The molecular formula is C24H28N2S. The fourth-order valence-corrected chi connectivity index (χ4v) is 3.56. The summed E-state index contributed by atoms with van der Waals surface area (Å²) >= 11 is 1.77. The fourth-order valence-electron chi connectivity index (χ4n) is 2.73. The van der Waals surface area contributed by atoms with Crippen LogP contribution in [0.4, 0.5) is 0 Å². The van der Waals surface area contributed by atoms with Gasteiger partial charge < -0.3 is 0 Å². The van der Waals surface area contributed by atoms with E-state index in [9.17, 15) is 0 Å². The van der Waals surface area contributed by atoms with Gasteiger partial charge in [0.15, 0.2) is 0 Å². The van der Waals surface area contributed by atoms with Gasteiger partial charge in [-0.1, -0.05) is 73.7 Å². The van der Waals surface area contributed by atoms with Gasteiger partial charge in [0, 0.05) is 5.22 Å². The Kier molecular flexibility index (Phi) is 8.79. The lowest BCUT2D eigenvalue weighted by Crippen LogP contribution is -2.27. The van der Waals surface area contributed by atoms with Crippen LogP contribution in [-0.4, -0.2) is 12.2 Å². The summed E-state index contributed by atoms with van der Waals surface area (Å²) in [6.45, 7) is 10.6. The number of aliphatic imine (C=N–C) groups is 1. The largest absolute Gasteiger partial charge is 0.262 e. The molecule has 0 aromatic heterocycles. The zero-order valence-corrected chi connectivity index (χ0v) is 17.3. The smallest absolute Gasteiger partial charge is 0.111 e. The van der Waals surface area contributed by atoms with Crippen molar-refractivity contribution in [3.63, 3.8) is 0 Å². The summed E-state index contributed by atoms with van der Waals surface area (Å²) < 4.78 is 0. The average Bonchev–Trinajstić information content (AvgIpc) is 2.66. The molecule has 2 bridgehead atoms. The van der Waals surface area contributed by atoms with E-state index < -0.39 is 0 Å². The highest BCUT2D eigenvalue weighted by Crippen LogP contribution is 2.30. The Morgan fingerprint density at radius 2 is 2.11 bits per heavy atom. The molecule has 0 spiro atoms. The molecular weight excluding hydrogens is 348 g/mol. The van der Waals surface area contributed by atoms with Crippen LogP contribution in [0.15, 0.2) is 81.2 Å². The molecule has 140 valence electrons. The first-order valence-electron chi connectivity index (χ1n) is 9.30. The van der Waals surface area contributed by atoms with Gasteiger partial charge in [-0.05, 0) is 48.8 Å². The van der Waals surface area contributed by atoms with Crippen molar-refractivity contribution in [3.05, 3.63) is 87.3 Å². The monoisotopic (exact) mass is 376 g/mol. The predicted molar refractivity (Wildman–Crippen MR) is 122 cm³/mol. The molecule has 0 amide bonds. The number of thioether (sulfide) groups is 1. The van der Waals surface area contributed by atoms with E-state index in [0.717, 1.165) is 29.0 Å². The molecule has 0 saturated carbocycles. The van der Waals surface area contributed by atoms with E-state index in [1.807, 2.05) is 19.1 Å². The van der Waals surface area contributed by atoms with Crippen LogP contribution >= 0.6 is 11.8 Å². The van der Waals surface area contributed by atoms with E-state index >= 15 is 0 Å². The minimum absolute atomic E-state index is 0.684. The summed E-state index contributed by atoms with van der Waals surface area (Å²) in [5, 5.41) is 1.83. The van der Waals surface area contributed by atoms with Crippen molar-refractivity contribution in [2.24, 2.45) is 9.98 Å². The van der Waals surface area contributed by atoms with Gasteiger partial charge in [-0.15, -0.1) is 11.8 Å². The molecule has 0 N–H and O–H groups in total. The summed E-state index contributed by atoms with van der Waals surface area (Å²) in [6, 6.07) is 6.16. The number of benzene rings is 1. The first-order chi connectivity index (χ1) is 13.2. The molecule has 1 aliphatic heterocycles. The Morgan fingerprint density at radius 3 is 2.89 bits per heavy atom. The second-order valence-electron chi connectivity index (χ2n) is 6.17. The van der Waals surface area contributed by atoms with E-state index in [-0.39, 0.29) is 0 Å². The van der Waals surface area contributed by atoms with E-state index in [4.69, 9.17) is 0 Å². The van der Waals surface area contributed by atoms with Crippen LogP contribution in [0.1, 0.15) is 39.2 Å². The maximum absolute atomic E-state index is 4.45. The zero-order valence-electron chi connectivity index (χ0n) is 16.5. The highest BCUT2D eigenvalue weighted by Gasteiger charge is 2.09. The SMILES string of the molecule is C=c1c2cccc1=NC=NCS/C(CC)=C2/C=C(C)/C=C/C=C\C/C=C\C. The van der Waals surface area contributed by atoms with Crippen molar-refractivity contribution < 1.29 is 0 Å². The number of hydrogen-bond donors (Lipinski definition) is 0. The molecule has 0 unspecified atom stereocenters. The fraction of sp³-hybridized carbons (Fsp3) is 0.250. The molecule has 2 nitrogen and oxygen atoms in total. The molecule has 0 radical (unpaired) electrons. The summed E-state index contributed by atoms with van der Waals surface area (Å²) in [4.78, 5) is 10.2. The lowest BCUT2D eigenvalue weighted by Gasteiger charge is -2.13. The average molecular weight is 377 g/mol. The van der Waals surface area contributed by atoms with Gasteiger partial charge >= 0.3 is 0 Å². The third-order valence-electron chi connectivity index (χ3n) is 4.14. The van der Waals surface area contributed by atoms with Gasteiger partial charge in [0.1, 0.15) is 6.34 Å². The van der Waals surface area contributed by atoms with Gasteiger partial charge in [0.2, 0.25) is 0 Å². The van der Waals surface area contributed by atoms with Gasteiger partial charge in [-0.2, -0.15) is 0 Å². The van der Waals surface area contributed by atoms with Crippen molar-refractivity contribution in [1.29, 1.82) is 0 Å². The van der Waals surface area contributed by atoms with Crippen molar-refractivity contribution in [2.45, 2.75) is 33.6 Å². The number of fused-ring (bicyclic) bond motifs is 2. The lowest BCUT2D eigenvalue weighted by atomic mass is 9.99. The zero-order chi connectivity index (χ0) is 19.5. The van der Waals surface area contributed by atoms with Gasteiger partial charge in [-0.25, -0.2) is 4.99 Å². The summed E-state index contributed by atoms with van der Waals surface area (Å²) in [6.07, 6.45) is 18.5. The Bertz CT molecular complexity index is 928. The van der Waals surface area contributed by atoms with E-state index in [2.05, 4.69) is 79.0 Å². The maximum Gasteiger partial charge on any atom is 0.111 e. The second kappa shape index (κ2) is 11.3. The Labute approximate surface area is 167 Å². The number of rotatable bonds is 6. The van der Waals surface area contributed by atoms with E-state index in [1.165, 1.54) is 16.1 Å². The molecule has 2 rings (SSSR count). The summed E-state index contributed by atoms with van der Waals surface area (Å²) in [5.41, 5.74) is 3.57. The highest BCUT2D eigenvalue weighted by atomic mass is 32.2. The van der Waals surface area contributed by atoms with E-state index in [1.54, 1.807) is 18.1 Å². The molecule has 1 aromatic rings. The summed E-state index contributed by atoms with van der Waals surface area (Å²) in [7, 11) is 0. The number of allylic oxidation sites excluding steroid dienone is 10. The molecule has 0 saturated heterocycles. The molecule has 1 aliphatic rings. The van der Waals surface area contributed by atoms with Crippen molar-refractivity contribution >= 4 is 30.3 Å². The molecule has 0 fully saturated rings. The van der Waals surface area contributed by atoms with Crippen LogP contribution in [0.3, 0.4) is 0 Å². The normalized spacial score (nSPS) is 18.6. The molecule has 0 aliphatic carbocycles. The minimum atomic E-state index is 0.684. The van der Waals surface area contributed by atoms with Crippen molar-refractivity contribution in [3.8, 4) is 0 Å². The predicted octanol–water partition coefficient (Wildman–Crippen LogP) is 5.60. The number of nitrogens with zero attached hydrogens (tertiary/aromatic N) is 2. The standard InChI is InChI=1S/C24H28N2S/c1-5-7-8-9-10-11-13-19(3)16-22-21-14-12-15-23(20(21)4)26-17-25-18-27-24(22)6-2/h5,7,9-17H,4,6,8,18H2,1-3H3/b7-5-,10-9-,13-11+,19-16+,24-22-,25-17?,26-23?. The number of hydrogen-bond acceptors (Lipinski definition) is 3. The molecule has 1 heterocycles. The Morgan fingerprint density at radius 1 is 1.26 bits per heavy atom. The second-order valence-corrected chi connectivity index (χ2v) is 7.21. The Hall–Kier alpha value is -2.39. The van der Waals surface area contributed by atoms with Gasteiger partial charge in [0.05, 0.1) is 11.2 Å². The molecule has 1 aromatic carbocycles. The third-order valence-corrected chi connectivity index (χ3v) is 5.28. The molecule has 3 heteroatoms. The van der Waals surface area contributed by atoms with Crippen LogP contribution in [-0.2, 0) is 0 Å². The lowest BCUT2D eigenvalue weighted by molar-refractivity contribution is 1.19. The first-order valence-corrected chi connectivity index (χ1v) is 10.3. The minimum Gasteiger partial charge on any atom is -0.262 e. The van der Waals surface area contributed by atoms with Gasteiger partial charge in [-0.3, -0.25) is 4.99 Å². The maximum atomic E-state index is 4.45. The van der Waals surface area contributed by atoms with Gasteiger partial charge in [0.25, 0.3) is 0 Å². The third kappa shape index (κ3) is 6.37.